The zero-order valence-electron chi connectivity index (χ0n) is 15.2. The van der Waals surface area contributed by atoms with Crippen LogP contribution in [0.1, 0.15) is 29.7 Å². The summed E-state index contributed by atoms with van der Waals surface area (Å²) in [4.78, 5) is 12.4. The lowest BCUT2D eigenvalue weighted by Gasteiger charge is -2.39. The summed E-state index contributed by atoms with van der Waals surface area (Å²) in [6.45, 7) is 3.15. The van der Waals surface area contributed by atoms with Crippen LogP contribution in [0.3, 0.4) is 0 Å². The number of hydrogen-bond donors (Lipinski definition) is 0. The zero-order valence-corrected chi connectivity index (χ0v) is 15.2. The largest absolute Gasteiger partial charge is 0.417 e. The van der Waals surface area contributed by atoms with E-state index in [9.17, 15) is 13.2 Å². The van der Waals surface area contributed by atoms with Gasteiger partial charge in [0.25, 0.3) is 0 Å². The van der Waals surface area contributed by atoms with Crippen molar-refractivity contribution >= 4 is 11.5 Å². The van der Waals surface area contributed by atoms with E-state index in [1.54, 1.807) is 12.1 Å². The fraction of sp³-hybridized carbons (Fsp3) is 0.421. The van der Waals surface area contributed by atoms with Crippen molar-refractivity contribution in [3.05, 3.63) is 47.4 Å². The summed E-state index contributed by atoms with van der Waals surface area (Å²) < 4.78 is 39.8. The summed E-state index contributed by atoms with van der Waals surface area (Å²) in [7, 11) is 1.94. The van der Waals surface area contributed by atoms with Gasteiger partial charge in [-0.05, 0) is 38.0 Å². The van der Waals surface area contributed by atoms with Gasteiger partial charge >= 0.3 is 6.18 Å². The van der Waals surface area contributed by atoms with Crippen LogP contribution in [0.2, 0.25) is 0 Å². The molecule has 2 heterocycles. The monoisotopic (exact) mass is 375 g/mol. The van der Waals surface area contributed by atoms with Gasteiger partial charge in [-0.25, -0.2) is 9.97 Å². The van der Waals surface area contributed by atoms with Gasteiger partial charge in [0.05, 0.1) is 17.2 Å². The van der Waals surface area contributed by atoms with Crippen molar-refractivity contribution in [2.75, 3.05) is 29.9 Å². The van der Waals surface area contributed by atoms with Crippen LogP contribution in [0.15, 0.2) is 30.6 Å². The fourth-order valence-corrected chi connectivity index (χ4v) is 3.39. The molecule has 1 aliphatic heterocycles. The minimum Gasteiger partial charge on any atom is -0.369 e. The van der Waals surface area contributed by atoms with Gasteiger partial charge < -0.3 is 9.80 Å². The Hall–Kier alpha value is -2.82. The molecule has 1 unspecified atom stereocenters. The third-order valence-corrected chi connectivity index (χ3v) is 4.89. The highest BCUT2D eigenvalue weighted by atomic mass is 19.4. The molecule has 0 spiro atoms. The average Bonchev–Trinajstić information content (AvgIpc) is 2.66. The number of aryl methyl sites for hydroxylation is 1. The summed E-state index contributed by atoms with van der Waals surface area (Å²) in [6, 6.07) is 7.56. The number of halogens is 3. The van der Waals surface area contributed by atoms with E-state index >= 15 is 0 Å². The Morgan fingerprint density at radius 1 is 1.26 bits per heavy atom. The molecular weight excluding hydrogens is 355 g/mol. The van der Waals surface area contributed by atoms with E-state index in [4.69, 9.17) is 5.26 Å². The molecule has 0 amide bonds. The maximum Gasteiger partial charge on any atom is 0.417 e. The van der Waals surface area contributed by atoms with Gasteiger partial charge in [-0.1, -0.05) is 0 Å². The van der Waals surface area contributed by atoms with Crippen LogP contribution < -0.4 is 9.80 Å². The molecule has 2 aromatic rings. The van der Waals surface area contributed by atoms with Gasteiger partial charge in [0.1, 0.15) is 12.1 Å². The normalized spacial score (nSPS) is 17.5. The predicted molar refractivity (Wildman–Crippen MR) is 96.6 cm³/mol. The van der Waals surface area contributed by atoms with E-state index in [1.165, 1.54) is 12.4 Å². The molecule has 1 saturated heterocycles. The summed E-state index contributed by atoms with van der Waals surface area (Å²) in [6.07, 6.45) is -1.25. The van der Waals surface area contributed by atoms with Crippen molar-refractivity contribution in [3.63, 3.8) is 0 Å². The Bertz CT molecular complexity index is 859. The number of hydrogen-bond acceptors (Lipinski definition) is 5. The third-order valence-electron chi connectivity index (χ3n) is 4.89. The van der Waals surface area contributed by atoms with Crippen molar-refractivity contribution < 1.29 is 13.2 Å². The molecule has 0 N–H and O–H groups in total. The van der Waals surface area contributed by atoms with Crippen LogP contribution in [-0.4, -0.2) is 36.1 Å². The van der Waals surface area contributed by atoms with Gasteiger partial charge in [0.2, 0.25) is 0 Å². The molecule has 1 aromatic heterocycles. The Morgan fingerprint density at radius 2 is 2.04 bits per heavy atom. The first-order valence-electron chi connectivity index (χ1n) is 8.67. The van der Waals surface area contributed by atoms with Gasteiger partial charge in [-0.15, -0.1) is 0 Å². The highest BCUT2D eigenvalue weighted by Gasteiger charge is 2.34. The zero-order chi connectivity index (χ0) is 19.6. The van der Waals surface area contributed by atoms with E-state index in [2.05, 4.69) is 14.9 Å². The Morgan fingerprint density at radius 3 is 2.70 bits per heavy atom. The molecule has 0 radical (unpaired) electrons. The first-order chi connectivity index (χ1) is 12.8. The number of nitrogens with zero attached hydrogens (tertiary/aromatic N) is 5. The maximum atomic E-state index is 13.3. The van der Waals surface area contributed by atoms with Gasteiger partial charge in [-0.3, -0.25) is 0 Å². The standard InChI is InChI=1S/C19H20F3N5/c1-13-8-18(25-12-24-13)26(2)16-4-3-7-27(11-16)15-6-5-14(10-23)17(9-15)19(20,21)22/h5-6,8-9,12,16H,3-4,7,11H2,1-2H3. The number of likely N-dealkylation sites (N-methyl/N-ethyl adjacent to an activating group) is 1. The van der Waals surface area contributed by atoms with E-state index in [0.29, 0.717) is 18.8 Å². The lowest BCUT2D eigenvalue weighted by molar-refractivity contribution is -0.137. The molecule has 3 rings (SSSR count). The SMILES string of the molecule is Cc1cc(N(C)C2CCCN(c3ccc(C#N)c(C(F)(F)F)c3)C2)ncn1. The highest BCUT2D eigenvalue weighted by molar-refractivity contribution is 5.55. The molecule has 27 heavy (non-hydrogen) atoms. The average molecular weight is 375 g/mol. The quantitative estimate of drug-likeness (QED) is 0.817. The van der Waals surface area contributed by atoms with Crippen LogP contribution in [-0.2, 0) is 6.18 Å². The molecular formula is C19H20F3N5. The molecule has 8 heteroatoms. The number of nitriles is 1. The van der Waals surface area contributed by atoms with Gasteiger partial charge in [0, 0.05) is 43.6 Å². The molecule has 1 aromatic carbocycles. The van der Waals surface area contributed by atoms with E-state index in [1.807, 2.05) is 24.9 Å². The van der Waals surface area contributed by atoms with E-state index in [-0.39, 0.29) is 11.6 Å². The van der Waals surface area contributed by atoms with Crippen LogP contribution in [0.25, 0.3) is 0 Å². The number of anilines is 2. The van der Waals surface area contributed by atoms with Crippen molar-refractivity contribution in [3.8, 4) is 6.07 Å². The molecule has 0 saturated carbocycles. The second-order valence-corrected chi connectivity index (χ2v) is 6.71. The number of aromatic nitrogens is 2. The van der Waals surface area contributed by atoms with Crippen LogP contribution in [0.5, 0.6) is 0 Å². The number of alkyl halides is 3. The Labute approximate surface area is 156 Å². The van der Waals surface area contributed by atoms with Crippen molar-refractivity contribution in [2.24, 2.45) is 0 Å². The number of benzene rings is 1. The third kappa shape index (κ3) is 4.13. The van der Waals surface area contributed by atoms with Crippen LogP contribution in [0, 0.1) is 18.3 Å². The second kappa shape index (κ2) is 7.43. The second-order valence-electron chi connectivity index (χ2n) is 6.71. The maximum absolute atomic E-state index is 13.3. The van der Waals surface area contributed by atoms with Crippen molar-refractivity contribution in [2.45, 2.75) is 32.0 Å². The minimum absolute atomic E-state index is 0.123. The lowest BCUT2D eigenvalue weighted by Crippen LogP contribution is -2.47. The molecule has 0 aliphatic carbocycles. The molecule has 1 fully saturated rings. The smallest absolute Gasteiger partial charge is 0.369 e. The van der Waals surface area contributed by atoms with E-state index in [0.717, 1.165) is 30.4 Å². The first kappa shape index (κ1) is 19.0. The van der Waals surface area contributed by atoms with Gasteiger partial charge in [-0.2, -0.15) is 18.4 Å². The summed E-state index contributed by atoms with van der Waals surface area (Å²) in [5.74, 6) is 0.796. The van der Waals surface area contributed by atoms with Crippen LogP contribution in [0.4, 0.5) is 24.7 Å². The Kier molecular flexibility index (Phi) is 5.22. The number of piperidine rings is 1. The highest BCUT2D eigenvalue weighted by Crippen LogP contribution is 2.35. The first-order valence-corrected chi connectivity index (χ1v) is 8.67. The molecule has 1 atom stereocenters. The van der Waals surface area contributed by atoms with E-state index < -0.39 is 11.7 Å². The Balaban J connectivity index is 1.83. The van der Waals surface area contributed by atoms with Crippen LogP contribution >= 0.6 is 0 Å². The molecule has 0 bridgehead atoms. The minimum atomic E-state index is -4.55. The van der Waals surface area contributed by atoms with Gasteiger partial charge in [0.15, 0.2) is 0 Å². The number of rotatable bonds is 3. The summed E-state index contributed by atoms with van der Waals surface area (Å²) >= 11 is 0. The molecule has 5 nitrogen and oxygen atoms in total. The summed E-state index contributed by atoms with van der Waals surface area (Å²) in [5.41, 5.74) is 0.109. The van der Waals surface area contributed by atoms with Crippen molar-refractivity contribution in [1.29, 1.82) is 5.26 Å². The fourth-order valence-electron chi connectivity index (χ4n) is 3.39. The summed E-state index contributed by atoms with van der Waals surface area (Å²) in [5, 5.41) is 8.96. The topological polar surface area (TPSA) is 56.0 Å². The lowest BCUT2D eigenvalue weighted by atomic mass is 10.0. The molecule has 142 valence electrons. The van der Waals surface area contributed by atoms with Crippen molar-refractivity contribution in [1.82, 2.24) is 9.97 Å². The molecule has 1 aliphatic rings. The predicted octanol–water partition coefficient (Wildman–Crippen LogP) is 3.78.